The number of allylic oxidation sites excluding steroid dienone is 7. The molecule has 3 rings (SSSR count). The Morgan fingerprint density at radius 3 is 2.78 bits per heavy atom. The zero-order valence-electron chi connectivity index (χ0n) is 11.7. The summed E-state index contributed by atoms with van der Waals surface area (Å²) < 4.78 is 6.18. The van der Waals surface area contributed by atoms with Gasteiger partial charge in [-0.2, -0.15) is 0 Å². The van der Waals surface area contributed by atoms with Gasteiger partial charge in [-0.3, -0.25) is 0 Å². The lowest BCUT2D eigenvalue weighted by Crippen LogP contribution is -2.33. The first-order valence-corrected chi connectivity index (χ1v) is 6.83. The number of ether oxygens (including phenoxy) is 1. The highest BCUT2D eigenvalue weighted by atomic mass is 16.5. The second-order valence-corrected chi connectivity index (χ2v) is 4.78. The molecule has 0 N–H and O–H groups in total. The number of hydrogen-bond acceptors (Lipinski definition) is 1. The van der Waals surface area contributed by atoms with Crippen LogP contribution in [0.4, 0.5) is 0 Å². The SMILES string of the molecule is CC.CC1=CC=CC2C3=CC=CCC=C3OC12C. The van der Waals surface area contributed by atoms with Gasteiger partial charge in [-0.15, -0.1) is 0 Å². The van der Waals surface area contributed by atoms with Crippen LogP contribution in [0.2, 0.25) is 0 Å². The summed E-state index contributed by atoms with van der Waals surface area (Å²) in [4.78, 5) is 0. The lowest BCUT2D eigenvalue weighted by atomic mass is 9.77. The van der Waals surface area contributed by atoms with Gasteiger partial charge >= 0.3 is 0 Å². The van der Waals surface area contributed by atoms with Gasteiger partial charge < -0.3 is 4.74 Å². The maximum Gasteiger partial charge on any atom is 0.138 e. The Bertz CT molecular complexity index is 474. The van der Waals surface area contributed by atoms with Crippen LogP contribution in [0.15, 0.2) is 59.4 Å². The molecule has 18 heavy (non-hydrogen) atoms. The van der Waals surface area contributed by atoms with Crippen LogP contribution in [0, 0.1) is 5.92 Å². The standard InChI is InChI=1S/C15H16O.C2H6/c1-11-7-6-9-13-12-8-4-3-5-10-14(12)16-15(11,13)2;1-2/h3-4,6-10,13H,5H2,1-2H3;1-2H3. The second-order valence-electron chi connectivity index (χ2n) is 4.78. The van der Waals surface area contributed by atoms with Crippen LogP contribution in [0.3, 0.4) is 0 Å². The monoisotopic (exact) mass is 242 g/mol. The Hall–Kier alpha value is -1.50. The predicted octanol–water partition coefficient (Wildman–Crippen LogP) is 4.70. The summed E-state index contributed by atoms with van der Waals surface area (Å²) in [6.45, 7) is 8.34. The second kappa shape index (κ2) is 5.01. The molecule has 0 radical (unpaired) electrons. The highest BCUT2D eigenvalue weighted by Gasteiger charge is 2.47. The van der Waals surface area contributed by atoms with E-state index in [2.05, 4.69) is 56.4 Å². The minimum atomic E-state index is -0.169. The van der Waals surface area contributed by atoms with Crippen LogP contribution in [-0.4, -0.2) is 5.60 Å². The van der Waals surface area contributed by atoms with Crippen molar-refractivity contribution in [2.24, 2.45) is 5.92 Å². The molecule has 0 aromatic heterocycles. The van der Waals surface area contributed by atoms with Crippen molar-refractivity contribution in [1.29, 1.82) is 0 Å². The maximum absolute atomic E-state index is 6.18. The van der Waals surface area contributed by atoms with Gasteiger partial charge in [0.15, 0.2) is 0 Å². The lowest BCUT2D eigenvalue weighted by molar-refractivity contribution is 0.0713. The van der Waals surface area contributed by atoms with E-state index in [1.165, 1.54) is 11.1 Å². The van der Waals surface area contributed by atoms with Gasteiger partial charge in [0.2, 0.25) is 0 Å². The van der Waals surface area contributed by atoms with Crippen molar-refractivity contribution < 1.29 is 4.74 Å². The van der Waals surface area contributed by atoms with Gasteiger partial charge in [0.25, 0.3) is 0 Å². The molecule has 3 aliphatic rings. The van der Waals surface area contributed by atoms with Gasteiger partial charge in [-0.05, 0) is 31.9 Å². The molecule has 2 unspecified atom stereocenters. The molecule has 0 amide bonds. The van der Waals surface area contributed by atoms with Crippen LogP contribution < -0.4 is 0 Å². The van der Waals surface area contributed by atoms with Crippen molar-refractivity contribution in [3.05, 3.63) is 59.4 Å². The quantitative estimate of drug-likeness (QED) is 0.598. The summed E-state index contributed by atoms with van der Waals surface area (Å²) in [5.41, 5.74) is 2.45. The smallest absolute Gasteiger partial charge is 0.138 e. The van der Waals surface area contributed by atoms with Crippen LogP contribution in [0.1, 0.15) is 34.1 Å². The topological polar surface area (TPSA) is 9.23 Å². The largest absolute Gasteiger partial charge is 0.482 e. The van der Waals surface area contributed by atoms with E-state index in [9.17, 15) is 0 Å². The Balaban J connectivity index is 0.000000574. The molecule has 1 nitrogen and oxygen atoms in total. The fraction of sp³-hybridized carbons (Fsp3) is 0.412. The van der Waals surface area contributed by atoms with Gasteiger partial charge in [0.05, 0.1) is 0 Å². The Morgan fingerprint density at radius 1 is 1.22 bits per heavy atom. The molecule has 0 aromatic carbocycles. The summed E-state index contributed by atoms with van der Waals surface area (Å²) >= 11 is 0. The summed E-state index contributed by atoms with van der Waals surface area (Å²) in [7, 11) is 0. The number of fused-ring (bicyclic) bond motifs is 3. The molecule has 0 saturated carbocycles. The fourth-order valence-corrected chi connectivity index (χ4v) is 2.66. The van der Waals surface area contributed by atoms with E-state index in [0.717, 1.165) is 12.2 Å². The van der Waals surface area contributed by atoms with E-state index in [1.54, 1.807) is 0 Å². The molecule has 96 valence electrons. The van der Waals surface area contributed by atoms with Crippen LogP contribution in [0.25, 0.3) is 0 Å². The van der Waals surface area contributed by atoms with E-state index >= 15 is 0 Å². The zero-order valence-corrected chi connectivity index (χ0v) is 11.7. The van der Waals surface area contributed by atoms with Gasteiger partial charge in [-0.1, -0.05) is 50.3 Å². The van der Waals surface area contributed by atoms with E-state index in [1.807, 2.05) is 13.8 Å². The third-order valence-corrected chi connectivity index (χ3v) is 3.82. The summed E-state index contributed by atoms with van der Waals surface area (Å²) in [6, 6.07) is 0. The Kier molecular flexibility index (Phi) is 3.60. The average Bonchev–Trinajstić information content (AvgIpc) is 2.54. The van der Waals surface area contributed by atoms with E-state index in [4.69, 9.17) is 4.74 Å². The van der Waals surface area contributed by atoms with Gasteiger partial charge in [0.1, 0.15) is 11.4 Å². The van der Waals surface area contributed by atoms with Crippen molar-refractivity contribution in [2.45, 2.75) is 39.7 Å². The summed E-state index contributed by atoms with van der Waals surface area (Å²) in [5, 5.41) is 0. The van der Waals surface area contributed by atoms with Crippen LogP contribution in [-0.2, 0) is 4.74 Å². The Morgan fingerprint density at radius 2 is 2.00 bits per heavy atom. The third-order valence-electron chi connectivity index (χ3n) is 3.82. The molecule has 0 aromatic rings. The van der Waals surface area contributed by atoms with Crippen molar-refractivity contribution in [2.75, 3.05) is 0 Å². The van der Waals surface area contributed by atoms with Gasteiger partial charge in [-0.25, -0.2) is 0 Å². The molecule has 1 saturated heterocycles. The molecule has 1 aliphatic heterocycles. The minimum absolute atomic E-state index is 0.169. The first kappa shape index (κ1) is 12.9. The van der Waals surface area contributed by atoms with Crippen molar-refractivity contribution >= 4 is 0 Å². The first-order valence-electron chi connectivity index (χ1n) is 6.83. The van der Waals surface area contributed by atoms with Crippen molar-refractivity contribution in [3.63, 3.8) is 0 Å². The molecule has 0 bridgehead atoms. The summed E-state index contributed by atoms with van der Waals surface area (Å²) in [5.74, 6) is 1.43. The molecule has 1 heteroatoms. The van der Waals surface area contributed by atoms with E-state index in [-0.39, 0.29) is 5.60 Å². The first-order chi connectivity index (χ1) is 8.72. The van der Waals surface area contributed by atoms with Crippen molar-refractivity contribution in [3.8, 4) is 0 Å². The molecule has 2 aliphatic carbocycles. The van der Waals surface area contributed by atoms with Crippen LogP contribution >= 0.6 is 0 Å². The molecular formula is C17H22O. The lowest BCUT2D eigenvalue weighted by Gasteiger charge is -2.31. The highest BCUT2D eigenvalue weighted by molar-refractivity contribution is 5.48. The molecule has 1 heterocycles. The zero-order chi connectivity index (χ0) is 13.2. The Labute approximate surface area is 110 Å². The third kappa shape index (κ3) is 1.88. The van der Waals surface area contributed by atoms with Crippen LogP contribution in [0.5, 0.6) is 0 Å². The fourth-order valence-electron chi connectivity index (χ4n) is 2.66. The normalized spacial score (nSPS) is 31.8. The molecular weight excluding hydrogens is 220 g/mol. The molecule has 1 fully saturated rings. The minimum Gasteiger partial charge on any atom is -0.482 e. The van der Waals surface area contributed by atoms with Crippen molar-refractivity contribution in [1.82, 2.24) is 0 Å². The predicted molar refractivity (Wildman–Crippen MR) is 77.1 cm³/mol. The molecule has 0 spiro atoms. The van der Waals surface area contributed by atoms with E-state index < -0.39 is 0 Å². The summed E-state index contributed by atoms with van der Waals surface area (Å²) in [6.07, 6.45) is 16.2. The number of rotatable bonds is 0. The molecule has 2 atom stereocenters. The highest BCUT2D eigenvalue weighted by Crippen LogP contribution is 2.49. The average molecular weight is 242 g/mol. The number of hydrogen-bond donors (Lipinski definition) is 0. The van der Waals surface area contributed by atoms with E-state index in [0.29, 0.717) is 5.92 Å². The maximum atomic E-state index is 6.18. The van der Waals surface area contributed by atoms with Gasteiger partial charge in [0, 0.05) is 11.5 Å².